The van der Waals surface area contributed by atoms with Crippen LogP contribution in [0.1, 0.15) is 38.5 Å². The highest BCUT2D eigenvalue weighted by molar-refractivity contribution is 5.45. The van der Waals surface area contributed by atoms with E-state index in [1.165, 1.54) is 12.8 Å². The lowest BCUT2D eigenvalue weighted by Crippen LogP contribution is -2.40. The molecule has 0 aromatic carbocycles. The van der Waals surface area contributed by atoms with Crippen LogP contribution in [0.4, 0.5) is 17.8 Å². The summed E-state index contributed by atoms with van der Waals surface area (Å²) in [5.41, 5.74) is -0.269. The molecular formula is C14H24N6O. The molecule has 2 aliphatic rings. The van der Waals surface area contributed by atoms with Crippen LogP contribution in [-0.4, -0.2) is 52.3 Å². The molecule has 0 radical (unpaired) electrons. The van der Waals surface area contributed by atoms with Gasteiger partial charge < -0.3 is 20.6 Å². The first-order valence-electron chi connectivity index (χ1n) is 7.82. The Balaban J connectivity index is 1.84. The Morgan fingerprint density at radius 1 is 1.05 bits per heavy atom. The van der Waals surface area contributed by atoms with Crippen LogP contribution < -0.4 is 15.5 Å². The molecule has 0 amide bonds. The van der Waals surface area contributed by atoms with E-state index in [9.17, 15) is 5.11 Å². The van der Waals surface area contributed by atoms with E-state index >= 15 is 0 Å². The molecule has 1 aliphatic heterocycles. The van der Waals surface area contributed by atoms with Crippen LogP contribution in [0.2, 0.25) is 0 Å². The Hall–Kier alpha value is -1.63. The minimum atomic E-state index is -0.269. The lowest BCUT2D eigenvalue weighted by atomic mass is 9.99. The van der Waals surface area contributed by atoms with Crippen molar-refractivity contribution in [3.05, 3.63) is 0 Å². The van der Waals surface area contributed by atoms with Crippen molar-refractivity contribution in [1.82, 2.24) is 15.0 Å². The summed E-state index contributed by atoms with van der Waals surface area (Å²) in [6.45, 7) is 2.11. The molecule has 0 atom stereocenters. The molecule has 0 spiro atoms. The zero-order valence-corrected chi connectivity index (χ0v) is 12.6. The second-order valence-corrected chi connectivity index (χ2v) is 6.00. The largest absolute Gasteiger partial charge is 0.394 e. The number of aliphatic hydroxyl groups is 1. The number of hydrogen-bond acceptors (Lipinski definition) is 7. The molecule has 2 fully saturated rings. The Labute approximate surface area is 125 Å². The summed E-state index contributed by atoms with van der Waals surface area (Å²) < 4.78 is 0. The van der Waals surface area contributed by atoms with Gasteiger partial charge in [-0.05, 0) is 25.7 Å². The fourth-order valence-electron chi connectivity index (χ4n) is 3.20. The lowest BCUT2D eigenvalue weighted by molar-refractivity contribution is 0.213. The van der Waals surface area contributed by atoms with Gasteiger partial charge in [-0.2, -0.15) is 15.0 Å². The maximum Gasteiger partial charge on any atom is 0.231 e. The van der Waals surface area contributed by atoms with Gasteiger partial charge in [-0.3, -0.25) is 0 Å². The predicted octanol–water partition coefficient (Wildman–Crippen LogP) is 1.23. The summed E-state index contributed by atoms with van der Waals surface area (Å²) in [5.74, 6) is 1.85. The Morgan fingerprint density at radius 2 is 1.71 bits per heavy atom. The van der Waals surface area contributed by atoms with Gasteiger partial charge in [0.05, 0.1) is 12.1 Å². The average Bonchev–Trinajstić information content (AvgIpc) is 3.19. The van der Waals surface area contributed by atoms with Gasteiger partial charge in [-0.1, -0.05) is 12.8 Å². The molecule has 0 unspecified atom stereocenters. The van der Waals surface area contributed by atoms with Gasteiger partial charge in [0.15, 0.2) is 0 Å². The van der Waals surface area contributed by atoms with E-state index in [-0.39, 0.29) is 12.1 Å². The van der Waals surface area contributed by atoms with Crippen LogP contribution in [0, 0.1) is 0 Å². The van der Waals surface area contributed by atoms with E-state index in [2.05, 4.69) is 30.5 Å². The minimum absolute atomic E-state index is 0.118. The summed E-state index contributed by atoms with van der Waals surface area (Å²) in [5, 5.41) is 16.1. The number of anilines is 3. The molecule has 1 aromatic rings. The van der Waals surface area contributed by atoms with E-state index in [0.29, 0.717) is 11.9 Å². The smallest absolute Gasteiger partial charge is 0.231 e. The molecule has 21 heavy (non-hydrogen) atoms. The van der Waals surface area contributed by atoms with Crippen LogP contribution in [0.5, 0.6) is 0 Å². The number of aliphatic hydroxyl groups excluding tert-OH is 1. The molecule has 1 aromatic heterocycles. The molecule has 7 heteroatoms. The first kappa shape index (κ1) is 14.3. The van der Waals surface area contributed by atoms with Gasteiger partial charge in [0, 0.05) is 20.1 Å². The summed E-state index contributed by atoms with van der Waals surface area (Å²) >= 11 is 0. The zero-order valence-electron chi connectivity index (χ0n) is 12.6. The molecule has 116 valence electrons. The highest BCUT2D eigenvalue weighted by Crippen LogP contribution is 2.32. The zero-order chi connectivity index (χ0) is 14.7. The third-order valence-corrected chi connectivity index (χ3v) is 4.48. The highest BCUT2D eigenvalue weighted by Gasteiger charge is 2.34. The van der Waals surface area contributed by atoms with Crippen LogP contribution >= 0.6 is 0 Å². The quantitative estimate of drug-likeness (QED) is 0.752. The van der Waals surface area contributed by atoms with Crippen molar-refractivity contribution in [3.63, 3.8) is 0 Å². The van der Waals surface area contributed by atoms with Gasteiger partial charge in [0.1, 0.15) is 0 Å². The highest BCUT2D eigenvalue weighted by atomic mass is 16.3. The Bertz CT molecular complexity index is 482. The normalized spacial score (nSPS) is 20.8. The second kappa shape index (κ2) is 6.01. The Morgan fingerprint density at radius 3 is 2.33 bits per heavy atom. The third-order valence-electron chi connectivity index (χ3n) is 4.48. The van der Waals surface area contributed by atoms with Crippen LogP contribution in [0.3, 0.4) is 0 Å². The molecule has 7 nitrogen and oxygen atoms in total. The topological polar surface area (TPSA) is 86.2 Å². The minimum Gasteiger partial charge on any atom is -0.394 e. The molecule has 3 N–H and O–H groups in total. The molecule has 1 saturated carbocycles. The maximum absolute atomic E-state index is 9.73. The number of hydrogen-bond donors (Lipinski definition) is 3. The molecule has 0 bridgehead atoms. The van der Waals surface area contributed by atoms with E-state index in [0.717, 1.165) is 44.7 Å². The maximum atomic E-state index is 9.73. The number of aromatic nitrogens is 3. The van der Waals surface area contributed by atoms with Gasteiger partial charge in [0.25, 0.3) is 0 Å². The van der Waals surface area contributed by atoms with Crippen molar-refractivity contribution >= 4 is 17.8 Å². The van der Waals surface area contributed by atoms with Crippen molar-refractivity contribution in [3.8, 4) is 0 Å². The monoisotopic (exact) mass is 292 g/mol. The van der Waals surface area contributed by atoms with E-state index in [1.807, 2.05) is 7.05 Å². The number of nitrogens with one attached hydrogen (secondary N) is 2. The van der Waals surface area contributed by atoms with Crippen LogP contribution in [-0.2, 0) is 0 Å². The standard InChI is InChI=1S/C14H24N6O/c1-15-11-16-12(19-14(10-21)6-2-3-7-14)18-13(17-11)20-8-4-5-9-20/h21H,2-10H2,1H3,(H2,15,16,17,18,19). The van der Waals surface area contributed by atoms with Gasteiger partial charge in [0.2, 0.25) is 17.8 Å². The fourth-order valence-corrected chi connectivity index (χ4v) is 3.20. The van der Waals surface area contributed by atoms with Crippen LogP contribution in [0.15, 0.2) is 0 Å². The molecule has 1 saturated heterocycles. The second-order valence-electron chi connectivity index (χ2n) is 6.00. The molecule has 2 heterocycles. The SMILES string of the molecule is CNc1nc(NC2(CO)CCCC2)nc(N2CCCC2)n1. The summed E-state index contributed by atoms with van der Waals surface area (Å²) in [6.07, 6.45) is 6.56. The number of nitrogens with zero attached hydrogens (tertiary/aromatic N) is 4. The lowest BCUT2D eigenvalue weighted by Gasteiger charge is -2.28. The first-order chi connectivity index (χ1) is 10.2. The molecule has 1 aliphatic carbocycles. The summed E-state index contributed by atoms with van der Waals surface area (Å²) in [7, 11) is 1.81. The van der Waals surface area contributed by atoms with Crippen molar-refractivity contribution in [1.29, 1.82) is 0 Å². The Kier molecular flexibility index (Phi) is 4.10. The number of rotatable bonds is 5. The fraction of sp³-hybridized carbons (Fsp3) is 0.786. The van der Waals surface area contributed by atoms with Gasteiger partial charge >= 0.3 is 0 Å². The molecular weight excluding hydrogens is 268 g/mol. The average molecular weight is 292 g/mol. The van der Waals surface area contributed by atoms with Crippen molar-refractivity contribution < 1.29 is 5.11 Å². The van der Waals surface area contributed by atoms with E-state index in [1.54, 1.807) is 0 Å². The predicted molar refractivity (Wildman–Crippen MR) is 82.7 cm³/mol. The third kappa shape index (κ3) is 3.02. The summed E-state index contributed by atoms with van der Waals surface area (Å²) in [4.78, 5) is 15.6. The van der Waals surface area contributed by atoms with Gasteiger partial charge in [-0.25, -0.2) is 0 Å². The van der Waals surface area contributed by atoms with Crippen LogP contribution in [0.25, 0.3) is 0 Å². The molecule has 3 rings (SSSR count). The van der Waals surface area contributed by atoms with Gasteiger partial charge in [-0.15, -0.1) is 0 Å². The van der Waals surface area contributed by atoms with Crippen molar-refractivity contribution in [2.24, 2.45) is 0 Å². The first-order valence-corrected chi connectivity index (χ1v) is 7.82. The van der Waals surface area contributed by atoms with Crippen molar-refractivity contribution in [2.75, 3.05) is 42.3 Å². The van der Waals surface area contributed by atoms with Crippen molar-refractivity contribution in [2.45, 2.75) is 44.1 Å². The summed E-state index contributed by atoms with van der Waals surface area (Å²) in [6, 6.07) is 0. The van der Waals surface area contributed by atoms with E-state index < -0.39 is 0 Å². The van der Waals surface area contributed by atoms with E-state index in [4.69, 9.17) is 0 Å².